The quantitative estimate of drug-likeness (QED) is 0.476. The van der Waals surface area contributed by atoms with Crippen molar-refractivity contribution in [2.45, 2.75) is 76.3 Å². The van der Waals surface area contributed by atoms with E-state index in [1.165, 1.54) is 0 Å². The van der Waals surface area contributed by atoms with Crippen molar-refractivity contribution in [3.8, 4) is 0 Å². The molecule has 0 spiro atoms. The Bertz CT molecular complexity index is 656. The van der Waals surface area contributed by atoms with Gasteiger partial charge in [-0.15, -0.1) is 0 Å². The Kier molecular flexibility index (Phi) is 8.07. The van der Waals surface area contributed by atoms with E-state index in [2.05, 4.69) is 0 Å². The monoisotopic (exact) mass is 404 g/mol. The normalized spacial score (nSPS) is 31.8. The van der Waals surface area contributed by atoms with Crippen molar-refractivity contribution < 1.29 is 28.5 Å². The highest BCUT2D eigenvalue weighted by molar-refractivity contribution is 5.92. The van der Waals surface area contributed by atoms with E-state index in [4.69, 9.17) is 18.9 Å². The van der Waals surface area contributed by atoms with Crippen LogP contribution in [-0.2, 0) is 28.5 Å². The highest BCUT2D eigenvalue weighted by atomic mass is 16.6. The molecular formula is C23H32O6. The molecule has 0 aromatic heterocycles. The standard InChI is InChI=1S/C23H32O6/c1-3-27-19-10-6-17(7-11-19)23(25)29-21-14-12-20(13-15-21)28-22(24)16-4-8-18(26-2)9-5-16/h4-5,8,12,14,17-21H,3,6-7,9-11,13,15H2,1-2H3. The molecular weight excluding hydrogens is 372 g/mol. The molecule has 0 bridgehead atoms. The van der Waals surface area contributed by atoms with Crippen LogP contribution in [0.5, 0.6) is 0 Å². The largest absolute Gasteiger partial charge is 0.458 e. The predicted octanol–water partition coefficient (Wildman–Crippen LogP) is 3.66. The summed E-state index contributed by atoms with van der Waals surface area (Å²) in [5.41, 5.74) is 0.558. The molecule has 3 unspecified atom stereocenters. The van der Waals surface area contributed by atoms with E-state index in [0.29, 0.717) is 24.8 Å². The summed E-state index contributed by atoms with van der Waals surface area (Å²) in [6, 6.07) is 0. The Morgan fingerprint density at radius 3 is 2.17 bits per heavy atom. The topological polar surface area (TPSA) is 71.1 Å². The summed E-state index contributed by atoms with van der Waals surface area (Å²) in [6.07, 6.45) is 14.4. The molecule has 160 valence electrons. The second kappa shape index (κ2) is 10.7. The first-order valence-electron chi connectivity index (χ1n) is 10.7. The number of esters is 2. The van der Waals surface area contributed by atoms with Gasteiger partial charge < -0.3 is 18.9 Å². The molecule has 0 amide bonds. The lowest BCUT2D eigenvalue weighted by Gasteiger charge is -2.29. The molecule has 3 rings (SSSR count). The first-order chi connectivity index (χ1) is 14.1. The van der Waals surface area contributed by atoms with Gasteiger partial charge in [0, 0.05) is 13.7 Å². The molecule has 0 saturated heterocycles. The Morgan fingerprint density at radius 1 is 0.931 bits per heavy atom. The van der Waals surface area contributed by atoms with Gasteiger partial charge in [0.15, 0.2) is 0 Å². The summed E-state index contributed by atoms with van der Waals surface area (Å²) < 4.78 is 22.1. The zero-order valence-corrected chi connectivity index (χ0v) is 17.4. The van der Waals surface area contributed by atoms with Crippen LogP contribution in [0.1, 0.15) is 51.9 Å². The summed E-state index contributed by atoms with van der Waals surface area (Å²) in [6.45, 7) is 2.72. The van der Waals surface area contributed by atoms with Gasteiger partial charge >= 0.3 is 11.9 Å². The van der Waals surface area contributed by atoms with Gasteiger partial charge in [-0.25, -0.2) is 4.79 Å². The lowest BCUT2D eigenvalue weighted by Crippen LogP contribution is -2.31. The lowest BCUT2D eigenvalue weighted by atomic mass is 9.87. The lowest BCUT2D eigenvalue weighted by molar-refractivity contribution is -0.155. The number of rotatable bonds is 7. The number of carbonyl (C=O) groups is 2. The SMILES string of the molecule is CCOC1CCC(C(=O)OC2C=CC(OC(=O)C3=CCC(OC)C=C3)CC2)CC1. The van der Waals surface area contributed by atoms with Crippen molar-refractivity contribution in [3.63, 3.8) is 0 Å². The molecule has 6 nitrogen and oxygen atoms in total. The van der Waals surface area contributed by atoms with Gasteiger partial charge in [-0.2, -0.15) is 0 Å². The van der Waals surface area contributed by atoms with Crippen LogP contribution in [0.25, 0.3) is 0 Å². The van der Waals surface area contributed by atoms with E-state index in [0.717, 1.165) is 32.3 Å². The molecule has 1 saturated carbocycles. The van der Waals surface area contributed by atoms with Crippen molar-refractivity contribution in [2.75, 3.05) is 13.7 Å². The van der Waals surface area contributed by atoms with Crippen LogP contribution >= 0.6 is 0 Å². The summed E-state index contributed by atoms with van der Waals surface area (Å²) in [5, 5.41) is 0. The first kappa shape index (κ1) is 21.8. The molecule has 0 aromatic carbocycles. The third kappa shape index (κ3) is 6.28. The zero-order chi connectivity index (χ0) is 20.6. The minimum Gasteiger partial charge on any atom is -0.458 e. The minimum absolute atomic E-state index is 0.0193. The molecule has 0 aromatic rings. The fourth-order valence-electron chi connectivity index (χ4n) is 4.04. The Labute approximate surface area is 172 Å². The van der Waals surface area contributed by atoms with Gasteiger partial charge in [0.05, 0.1) is 23.7 Å². The maximum atomic E-state index is 12.4. The molecule has 0 heterocycles. The van der Waals surface area contributed by atoms with Crippen LogP contribution in [-0.4, -0.2) is 50.1 Å². The number of hydrogen-bond donors (Lipinski definition) is 0. The summed E-state index contributed by atoms with van der Waals surface area (Å²) in [7, 11) is 1.65. The van der Waals surface area contributed by atoms with Gasteiger partial charge in [0.25, 0.3) is 0 Å². The van der Waals surface area contributed by atoms with Crippen molar-refractivity contribution in [2.24, 2.45) is 5.92 Å². The summed E-state index contributed by atoms with van der Waals surface area (Å²) in [4.78, 5) is 24.7. The number of methoxy groups -OCH3 is 1. The molecule has 3 atom stereocenters. The van der Waals surface area contributed by atoms with Gasteiger partial charge in [0.1, 0.15) is 12.2 Å². The van der Waals surface area contributed by atoms with E-state index < -0.39 is 0 Å². The smallest absolute Gasteiger partial charge is 0.338 e. The third-order valence-electron chi connectivity index (χ3n) is 5.81. The van der Waals surface area contributed by atoms with Crippen LogP contribution in [0.3, 0.4) is 0 Å². The average molecular weight is 405 g/mol. The van der Waals surface area contributed by atoms with E-state index in [9.17, 15) is 9.59 Å². The minimum atomic E-state index is -0.327. The van der Waals surface area contributed by atoms with Crippen LogP contribution < -0.4 is 0 Å². The second-order valence-corrected chi connectivity index (χ2v) is 7.84. The Balaban J connectivity index is 1.40. The van der Waals surface area contributed by atoms with Crippen LogP contribution in [0.15, 0.2) is 36.0 Å². The van der Waals surface area contributed by atoms with Crippen molar-refractivity contribution in [1.82, 2.24) is 0 Å². The first-order valence-corrected chi connectivity index (χ1v) is 10.7. The van der Waals surface area contributed by atoms with Gasteiger partial charge in [-0.1, -0.05) is 12.2 Å². The van der Waals surface area contributed by atoms with Gasteiger partial charge in [0.2, 0.25) is 0 Å². The van der Waals surface area contributed by atoms with Gasteiger partial charge in [-0.05, 0) is 70.1 Å². The molecule has 3 aliphatic carbocycles. The van der Waals surface area contributed by atoms with Gasteiger partial charge in [-0.3, -0.25) is 4.79 Å². The number of ether oxygens (including phenoxy) is 4. The highest BCUT2D eigenvalue weighted by Crippen LogP contribution is 2.28. The fraction of sp³-hybridized carbons (Fsp3) is 0.652. The second-order valence-electron chi connectivity index (χ2n) is 7.84. The molecule has 0 N–H and O–H groups in total. The van der Waals surface area contributed by atoms with E-state index in [-0.39, 0.29) is 42.3 Å². The highest BCUT2D eigenvalue weighted by Gasteiger charge is 2.30. The number of hydrogen-bond acceptors (Lipinski definition) is 6. The van der Waals surface area contributed by atoms with Crippen LogP contribution in [0.4, 0.5) is 0 Å². The van der Waals surface area contributed by atoms with E-state index in [1.807, 2.05) is 31.2 Å². The van der Waals surface area contributed by atoms with Crippen LogP contribution in [0.2, 0.25) is 0 Å². The van der Waals surface area contributed by atoms with Crippen molar-refractivity contribution >= 4 is 11.9 Å². The molecule has 1 fully saturated rings. The number of carbonyl (C=O) groups excluding carboxylic acids is 2. The predicted molar refractivity (Wildman–Crippen MR) is 108 cm³/mol. The van der Waals surface area contributed by atoms with E-state index >= 15 is 0 Å². The van der Waals surface area contributed by atoms with E-state index in [1.54, 1.807) is 13.2 Å². The van der Waals surface area contributed by atoms with Crippen molar-refractivity contribution in [3.05, 3.63) is 36.0 Å². The molecule has 29 heavy (non-hydrogen) atoms. The maximum absolute atomic E-state index is 12.4. The maximum Gasteiger partial charge on any atom is 0.338 e. The zero-order valence-electron chi connectivity index (χ0n) is 17.4. The fourth-order valence-corrected chi connectivity index (χ4v) is 4.04. The molecule has 0 radical (unpaired) electrons. The summed E-state index contributed by atoms with van der Waals surface area (Å²) in [5.74, 6) is -0.473. The molecule has 0 aliphatic heterocycles. The molecule has 6 heteroatoms. The summed E-state index contributed by atoms with van der Waals surface area (Å²) >= 11 is 0. The Morgan fingerprint density at radius 2 is 1.62 bits per heavy atom. The Hall–Kier alpha value is -1.92. The molecule has 3 aliphatic rings. The average Bonchev–Trinajstić information content (AvgIpc) is 2.76. The third-order valence-corrected chi connectivity index (χ3v) is 5.81. The van der Waals surface area contributed by atoms with Crippen LogP contribution in [0, 0.1) is 5.92 Å². The van der Waals surface area contributed by atoms with Crippen molar-refractivity contribution in [1.29, 1.82) is 0 Å².